The average molecular weight is 386 g/mol. The van der Waals surface area contributed by atoms with E-state index in [4.69, 9.17) is 0 Å². The highest BCUT2D eigenvalue weighted by atomic mass is 15.1. The predicted octanol–water partition coefficient (Wildman–Crippen LogP) is 6.75. The Morgan fingerprint density at radius 3 is 2.10 bits per heavy atom. The number of hydrogen-bond acceptors (Lipinski definition) is 0. The molecule has 0 saturated carbocycles. The van der Waals surface area contributed by atoms with Crippen molar-refractivity contribution < 1.29 is 4.57 Å². The van der Waals surface area contributed by atoms with Gasteiger partial charge in [0.1, 0.15) is 18.1 Å². The van der Waals surface area contributed by atoms with Gasteiger partial charge < -0.3 is 0 Å². The molecule has 0 saturated heterocycles. The fourth-order valence-electron chi connectivity index (χ4n) is 3.61. The molecular weight excluding hydrogens is 352 g/mol. The van der Waals surface area contributed by atoms with Gasteiger partial charge in [-0.05, 0) is 53.2 Å². The van der Waals surface area contributed by atoms with Crippen molar-refractivity contribution >= 4 is 5.70 Å². The molecule has 0 amide bonds. The normalized spacial score (nSPS) is 12.4. The van der Waals surface area contributed by atoms with Gasteiger partial charge in [-0.1, -0.05) is 76.7 Å². The number of nitrogens with zero attached hydrogens (tertiary/aromatic N) is 2. The van der Waals surface area contributed by atoms with Crippen molar-refractivity contribution in [3.05, 3.63) is 84.7 Å². The van der Waals surface area contributed by atoms with E-state index in [0.29, 0.717) is 11.8 Å². The smallest absolute Gasteiger partial charge is 0.232 e. The molecule has 2 heteroatoms. The lowest BCUT2D eigenvalue weighted by atomic mass is 9.93. The third kappa shape index (κ3) is 4.27. The second-order valence-corrected chi connectivity index (χ2v) is 8.42. The molecule has 2 nitrogen and oxygen atoms in total. The zero-order valence-electron chi connectivity index (χ0n) is 18.6. The van der Waals surface area contributed by atoms with E-state index in [1.165, 1.54) is 39.4 Å². The minimum atomic E-state index is 0.384. The second-order valence-electron chi connectivity index (χ2n) is 8.42. The largest absolute Gasteiger partial charge is 0.293 e. The molecule has 0 bridgehead atoms. The summed E-state index contributed by atoms with van der Waals surface area (Å²) in [6, 6.07) is 19.3. The molecule has 0 N–H and O–H groups in total. The van der Waals surface area contributed by atoms with Gasteiger partial charge in [-0.25, -0.2) is 4.57 Å². The zero-order chi connectivity index (χ0) is 21.1. The lowest BCUT2D eigenvalue weighted by Gasteiger charge is -2.18. The van der Waals surface area contributed by atoms with E-state index in [9.17, 15) is 0 Å². The summed E-state index contributed by atoms with van der Waals surface area (Å²) in [6.07, 6.45) is 4.30. The van der Waals surface area contributed by atoms with Crippen molar-refractivity contribution in [3.63, 3.8) is 0 Å². The van der Waals surface area contributed by atoms with Crippen LogP contribution in [0.1, 0.15) is 34.6 Å². The molecule has 2 aromatic carbocycles. The first-order chi connectivity index (χ1) is 13.8. The first-order valence-electron chi connectivity index (χ1n) is 10.4. The Balaban J connectivity index is 2.20. The van der Waals surface area contributed by atoms with Crippen LogP contribution in [0.2, 0.25) is 0 Å². The lowest BCUT2D eigenvalue weighted by molar-refractivity contribution is -0.659. The number of benzene rings is 2. The van der Waals surface area contributed by atoms with Crippen LogP contribution in [-0.4, -0.2) is 4.57 Å². The van der Waals surface area contributed by atoms with Crippen LogP contribution in [0.15, 0.2) is 84.7 Å². The van der Waals surface area contributed by atoms with E-state index in [1.807, 2.05) is 0 Å². The quantitative estimate of drug-likeness (QED) is 0.328. The number of aryl methyl sites for hydroxylation is 1. The van der Waals surface area contributed by atoms with E-state index in [0.717, 1.165) is 0 Å². The monoisotopic (exact) mass is 385 g/mol. The van der Waals surface area contributed by atoms with Crippen LogP contribution in [0.5, 0.6) is 0 Å². The van der Waals surface area contributed by atoms with Crippen LogP contribution in [0.4, 0.5) is 0 Å². The van der Waals surface area contributed by atoms with Gasteiger partial charge in [-0.2, -0.15) is 4.57 Å². The maximum atomic E-state index is 4.46. The van der Waals surface area contributed by atoms with E-state index < -0.39 is 0 Å². The number of allylic oxidation sites excluding steroid dienone is 3. The number of rotatable bonds is 6. The Kier molecular flexibility index (Phi) is 6.22. The Labute approximate surface area is 175 Å². The molecule has 150 valence electrons. The number of imidazole rings is 1. The summed E-state index contributed by atoms with van der Waals surface area (Å²) in [5.74, 6) is 2.01. The molecule has 0 atom stereocenters. The van der Waals surface area contributed by atoms with Crippen molar-refractivity contribution in [1.82, 2.24) is 4.57 Å². The van der Waals surface area contributed by atoms with Gasteiger partial charge in [0.05, 0.1) is 12.6 Å². The molecule has 1 aromatic heterocycles. The molecule has 1 heterocycles. The summed E-state index contributed by atoms with van der Waals surface area (Å²) in [6.45, 7) is 15.6. The Morgan fingerprint density at radius 2 is 1.48 bits per heavy atom. The summed E-state index contributed by atoms with van der Waals surface area (Å²) in [5.41, 5.74) is 7.42. The van der Waals surface area contributed by atoms with Gasteiger partial charge in [0, 0.05) is 0 Å². The Bertz CT molecular complexity index is 1030. The number of hydrogen-bond donors (Lipinski definition) is 0. The molecule has 0 aliphatic heterocycles. The van der Waals surface area contributed by atoms with Crippen LogP contribution in [0.25, 0.3) is 28.2 Å². The van der Waals surface area contributed by atoms with Crippen molar-refractivity contribution in [3.8, 4) is 22.5 Å². The van der Waals surface area contributed by atoms with Crippen LogP contribution in [0, 0.1) is 11.8 Å². The molecule has 0 fully saturated rings. The summed E-state index contributed by atoms with van der Waals surface area (Å²) in [4.78, 5) is 0. The lowest BCUT2D eigenvalue weighted by Crippen LogP contribution is -2.29. The fourth-order valence-corrected chi connectivity index (χ4v) is 3.61. The SMILES string of the molecule is C=C(/C(=C(\C)C(C)C)n1cc[n+](C)c1-c1cccc(-c2ccccc2)c1)C(C)C. The zero-order valence-corrected chi connectivity index (χ0v) is 18.6. The maximum absolute atomic E-state index is 4.46. The van der Waals surface area contributed by atoms with Gasteiger partial charge in [0.25, 0.3) is 5.82 Å². The van der Waals surface area contributed by atoms with E-state index in [-0.39, 0.29) is 0 Å². The van der Waals surface area contributed by atoms with Gasteiger partial charge >= 0.3 is 0 Å². The fraction of sp³-hybridized carbons (Fsp3) is 0.296. The summed E-state index contributed by atoms with van der Waals surface area (Å²) in [5, 5.41) is 0. The predicted molar refractivity (Wildman–Crippen MR) is 124 cm³/mol. The summed E-state index contributed by atoms with van der Waals surface area (Å²) >= 11 is 0. The van der Waals surface area contributed by atoms with Crippen LogP contribution >= 0.6 is 0 Å². The van der Waals surface area contributed by atoms with E-state index >= 15 is 0 Å². The third-order valence-electron chi connectivity index (χ3n) is 5.71. The highest BCUT2D eigenvalue weighted by Gasteiger charge is 2.26. The summed E-state index contributed by atoms with van der Waals surface area (Å²) in [7, 11) is 2.11. The minimum Gasteiger partial charge on any atom is -0.232 e. The summed E-state index contributed by atoms with van der Waals surface area (Å²) < 4.78 is 4.52. The molecule has 0 aliphatic carbocycles. The number of aromatic nitrogens is 2. The highest BCUT2D eigenvalue weighted by molar-refractivity contribution is 5.74. The standard InChI is InChI=1S/C27H33N2/c1-19(2)21(5)26(22(6)20(3)4)29-17-16-28(7)27(29)25-15-11-14-24(18-25)23-12-9-8-10-13-23/h8-20H,5H2,1-4,6-7H3/q+1/b26-22-. The molecule has 0 aliphatic rings. The Morgan fingerprint density at radius 1 is 0.862 bits per heavy atom. The molecule has 3 rings (SSSR count). The van der Waals surface area contributed by atoms with Crippen molar-refractivity contribution in [1.29, 1.82) is 0 Å². The van der Waals surface area contributed by atoms with Gasteiger partial charge in [-0.3, -0.25) is 0 Å². The molecular formula is C27H33N2+. The van der Waals surface area contributed by atoms with Gasteiger partial charge in [-0.15, -0.1) is 0 Å². The van der Waals surface area contributed by atoms with Crippen LogP contribution < -0.4 is 4.57 Å². The van der Waals surface area contributed by atoms with Gasteiger partial charge in [0.15, 0.2) is 0 Å². The first kappa shape index (κ1) is 20.9. The van der Waals surface area contributed by atoms with Gasteiger partial charge in [0.2, 0.25) is 0 Å². The maximum Gasteiger partial charge on any atom is 0.293 e. The minimum absolute atomic E-state index is 0.384. The average Bonchev–Trinajstić information content (AvgIpc) is 3.09. The van der Waals surface area contributed by atoms with Crippen molar-refractivity contribution in [2.75, 3.05) is 0 Å². The molecule has 29 heavy (non-hydrogen) atoms. The van der Waals surface area contributed by atoms with Crippen LogP contribution in [-0.2, 0) is 7.05 Å². The molecule has 0 radical (unpaired) electrons. The topological polar surface area (TPSA) is 8.81 Å². The van der Waals surface area contributed by atoms with Crippen LogP contribution in [0.3, 0.4) is 0 Å². The van der Waals surface area contributed by atoms with E-state index in [1.54, 1.807) is 0 Å². The van der Waals surface area contributed by atoms with E-state index in [2.05, 4.69) is 124 Å². The third-order valence-corrected chi connectivity index (χ3v) is 5.71. The molecule has 0 unspecified atom stereocenters. The highest BCUT2D eigenvalue weighted by Crippen LogP contribution is 2.33. The van der Waals surface area contributed by atoms with Crippen molar-refractivity contribution in [2.45, 2.75) is 34.6 Å². The second kappa shape index (κ2) is 8.65. The first-order valence-corrected chi connectivity index (χ1v) is 10.4. The van der Waals surface area contributed by atoms with Crippen molar-refractivity contribution in [2.24, 2.45) is 18.9 Å². The Hall–Kier alpha value is -2.87. The molecule has 3 aromatic rings. The molecule has 0 spiro atoms.